The number of carboxylic acids is 1. The van der Waals surface area contributed by atoms with Crippen LogP contribution in [-0.4, -0.2) is 111 Å². The first kappa shape index (κ1) is 42.2. The van der Waals surface area contributed by atoms with Crippen molar-refractivity contribution in [2.45, 2.75) is 94.9 Å². The van der Waals surface area contributed by atoms with Gasteiger partial charge in [-0.3, -0.25) is 4.79 Å². The third-order valence-electron chi connectivity index (χ3n) is 12.9. The van der Waals surface area contributed by atoms with Crippen LogP contribution in [0.4, 0.5) is 0 Å². The molecule has 3 aromatic carbocycles. The smallest absolute Gasteiger partial charge is 0.335 e. The predicted octanol–water partition coefficient (Wildman–Crippen LogP) is 5.90. The van der Waals surface area contributed by atoms with E-state index in [1.807, 2.05) is 30.3 Å². The summed E-state index contributed by atoms with van der Waals surface area (Å²) in [7, 11) is 3.15. The lowest BCUT2D eigenvalue weighted by molar-refractivity contribution is -0.323. The summed E-state index contributed by atoms with van der Waals surface area (Å²) in [6, 6.07) is 13.7. The maximum absolute atomic E-state index is 13.6. The summed E-state index contributed by atoms with van der Waals surface area (Å²) in [4.78, 5) is 25.9. The number of ether oxygens (including phenoxy) is 4. The van der Waals surface area contributed by atoms with E-state index < -0.39 is 48.5 Å². The fraction of sp³-hybridized carbons (Fsp3) is 0.581. The molecule has 3 saturated heterocycles. The van der Waals surface area contributed by atoms with Crippen molar-refractivity contribution in [1.82, 2.24) is 0 Å². The van der Waals surface area contributed by atoms with Gasteiger partial charge in [0.2, 0.25) is 6.29 Å². The van der Waals surface area contributed by atoms with Gasteiger partial charge in [-0.05, 0) is 91.8 Å². The number of fused-ring (bicyclic) bond motifs is 1. The Hall–Kier alpha value is -2.92. The first-order valence-electron chi connectivity index (χ1n) is 20.0. The summed E-state index contributed by atoms with van der Waals surface area (Å²) < 4.78 is 25.3. The van der Waals surface area contributed by atoms with E-state index in [-0.39, 0.29) is 70.2 Å². The minimum absolute atomic E-state index is 0.0485. The van der Waals surface area contributed by atoms with Crippen molar-refractivity contribution in [3.8, 4) is 11.5 Å². The van der Waals surface area contributed by atoms with Crippen LogP contribution in [0.3, 0.4) is 0 Å². The van der Waals surface area contributed by atoms with Crippen LogP contribution in [-0.2, 0) is 20.6 Å². The number of aromatic carboxylic acids is 1. The summed E-state index contributed by atoms with van der Waals surface area (Å²) >= 11 is 0. The molecule has 0 amide bonds. The zero-order chi connectivity index (χ0) is 40.3. The third-order valence-corrected chi connectivity index (χ3v) is 15.1. The summed E-state index contributed by atoms with van der Waals surface area (Å²) in [5.74, 6) is -0.225. The van der Waals surface area contributed by atoms with E-state index in [9.17, 15) is 40.2 Å². The Morgan fingerprint density at radius 2 is 1.81 bits per heavy atom. The van der Waals surface area contributed by atoms with Gasteiger partial charge in [0.05, 0.1) is 29.7 Å². The zero-order valence-corrected chi connectivity index (χ0v) is 33.8. The second kappa shape index (κ2) is 18.1. The molecule has 0 unspecified atom stereocenters. The Morgan fingerprint density at radius 3 is 2.56 bits per heavy atom. The number of Topliss-reactive ketones (excluding diaryl/α,β-unsaturated/α-hetero) is 1. The van der Waals surface area contributed by atoms with Gasteiger partial charge < -0.3 is 49.6 Å². The van der Waals surface area contributed by atoms with Crippen molar-refractivity contribution < 1.29 is 59.2 Å². The Labute approximate surface area is 340 Å². The minimum Gasteiger partial charge on any atom is -0.506 e. The van der Waals surface area contributed by atoms with E-state index in [1.165, 1.54) is 22.9 Å². The van der Waals surface area contributed by atoms with E-state index >= 15 is 0 Å². The fourth-order valence-corrected chi connectivity index (χ4v) is 12.6. The second-order valence-corrected chi connectivity index (χ2v) is 18.7. The van der Waals surface area contributed by atoms with Crippen molar-refractivity contribution in [2.75, 3.05) is 38.1 Å². The van der Waals surface area contributed by atoms with Gasteiger partial charge in [-0.1, -0.05) is 70.8 Å². The van der Waals surface area contributed by atoms with Crippen molar-refractivity contribution in [2.24, 2.45) is 23.2 Å². The van der Waals surface area contributed by atoms with Gasteiger partial charge in [0, 0.05) is 30.8 Å². The van der Waals surface area contributed by atoms with E-state index in [2.05, 4.69) is 0 Å². The Bertz CT molecular complexity index is 1890. The largest absolute Gasteiger partial charge is 0.506 e. The predicted molar refractivity (Wildman–Crippen MR) is 217 cm³/mol. The quantitative estimate of drug-likeness (QED) is 0.0990. The number of rotatable bonds is 11. The molecule has 1 saturated carbocycles. The molecule has 1 spiro atoms. The first-order valence-corrected chi connectivity index (χ1v) is 22.5. The molecule has 310 valence electrons. The first-order chi connectivity index (χ1) is 27.5. The van der Waals surface area contributed by atoms with E-state index in [0.717, 1.165) is 37.0 Å². The van der Waals surface area contributed by atoms with Gasteiger partial charge in [-0.15, -0.1) is 0 Å². The fourth-order valence-electron chi connectivity index (χ4n) is 10.2. The second-order valence-electron chi connectivity index (χ2n) is 16.2. The number of aliphatic hydroxyl groups is 4. The van der Waals surface area contributed by atoms with Crippen molar-refractivity contribution in [1.29, 1.82) is 0 Å². The molecule has 0 radical (unpaired) electrons. The Kier molecular flexibility index (Phi) is 13.4. The number of phenolic OH excluding ortho intramolecular Hbond substituents is 1. The Balaban J connectivity index is 1.18. The average molecular weight is 827 g/mol. The summed E-state index contributed by atoms with van der Waals surface area (Å²) in [5, 5.41) is 66.7. The van der Waals surface area contributed by atoms with Gasteiger partial charge in [0.1, 0.15) is 41.4 Å². The summed E-state index contributed by atoms with van der Waals surface area (Å²) in [6.45, 7) is 2.53. The molecule has 14 heteroatoms. The molecule has 4 fully saturated rings. The maximum atomic E-state index is 13.6. The molecule has 3 aromatic rings. The minimum atomic E-state index is -1.72. The summed E-state index contributed by atoms with van der Waals surface area (Å²) in [5.41, 5.74) is -0.321. The van der Waals surface area contributed by atoms with Crippen LogP contribution >= 0.6 is 21.6 Å². The van der Waals surface area contributed by atoms with Crippen molar-refractivity contribution >= 4 is 44.1 Å². The molecule has 1 aliphatic carbocycles. The number of aliphatic hydroxyl groups excluding tert-OH is 4. The number of ketones is 1. The van der Waals surface area contributed by atoms with E-state index in [4.69, 9.17) is 18.9 Å². The molecule has 0 bridgehead atoms. The van der Waals surface area contributed by atoms with Crippen LogP contribution in [0.25, 0.3) is 10.8 Å². The van der Waals surface area contributed by atoms with Gasteiger partial charge in [0.25, 0.3) is 0 Å². The summed E-state index contributed by atoms with van der Waals surface area (Å²) in [6.07, 6.45) is 0.0392. The Morgan fingerprint density at radius 1 is 1.02 bits per heavy atom. The third kappa shape index (κ3) is 8.44. The lowest BCUT2D eigenvalue weighted by atomic mass is 9.56. The highest BCUT2D eigenvalue weighted by Gasteiger charge is 2.59. The van der Waals surface area contributed by atoms with Gasteiger partial charge >= 0.3 is 5.97 Å². The molecule has 12 nitrogen and oxygen atoms in total. The number of phenols is 1. The number of hydrogen-bond acceptors (Lipinski definition) is 13. The molecule has 6 N–H and O–H groups in total. The van der Waals surface area contributed by atoms with Crippen LogP contribution in [0.5, 0.6) is 11.5 Å². The highest BCUT2D eigenvalue weighted by molar-refractivity contribution is 8.76. The molecule has 57 heavy (non-hydrogen) atoms. The van der Waals surface area contributed by atoms with E-state index in [0.29, 0.717) is 49.9 Å². The molecular formula is C43H54O12S2. The molecule has 9 atom stereocenters. The topological polar surface area (TPSA) is 192 Å². The number of aromatic hydroxyl groups is 1. The SMILES string of the molecule is Cc1cc2cc(C(=O)O)cc(O[C@H]3O[C@H](CO)[C@@]4(CC[C@H]5CCC[C@@H]6COC[C@](CCCO)(CSSCO4)[C@@H]56)[C@H](O)[C@H]3O)c2c(O)c1C(=O)CCc1ccccc1. The number of benzene rings is 3. The molecule has 7 rings (SSSR count). The number of carbonyl (C=O) groups excluding carboxylic acids is 1. The monoisotopic (exact) mass is 826 g/mol. The molecule has 3 heterocycles. The molecular weight excluding hydrogens is 773 g/mol. The molecule has 3 aliphatic heterocycles. The molecule has 4 aliphatic rings. The highest BCUT2D eigenvalue weighted by Crippen LogP contribution is 2.56. The van der Waals surface area contributed by atoms with Gasteiger partial charge in [0.15, 0.2) is 5.78 Å². The number of carbonyl (C=O) groups is 2. The van der Waals surface area contributed by atoms with Crippen molar-refractivity contribution in [3.05, 3.63) is 70.8 Å². The average Bonchev–Trinajstić information content (AvgIpc) is 3.24. The lowest BCUT2D eigenvalue weighted by Gasteiger charge is -2.54. The van der Waals surface area contributed by atoms with Crippen molar-refractivity contribution in [3.63, 3.8) is 0 Å². The van der Waals surface area contributed by atoms with Gasteiger partial charge in [-0.25, -0.2) is 4.79 Å². The maximum Gasteiger partial charge on any atom is 0.335 e. The normalized spacial score (nSPS) is 32.0. The van der Waals surface area contributed by atoms with Crippen LogP contribution in [0.15, 0.2) is 48.5 Å². The zero-order valence-electron chi connectivity index (χ0n) is 32.2. The van der Waals surface area contributed by atoms with Crippen LogP contribution in [0.1, 0.15) is 83.2 Å². The molecule has 0 aromatic heterocycles. The highest BCUT2D eigenvalue weighted by atomic mass is 33.1. The van der Waals surface area contributed by atoms with E-state index in [1.54, 1.807) is 23.8 Å². The van der Waals surface area contributed by atoms with Crippen LogP contribution < -0.4 is 4.74 Å². The van der Waals surface area contributed by atoms with Crippen LogP contribution in [0, 0.1) is 30.1 Å². The standard InChI is InChI=1S/C43H54O12S2/c1-25-17-29-18-30(40(50)51)19-32(35(29)37(47)34(25)31(46)12-11-26-7-3-2-4-8-26)54-41-38(48)39(49)43(33(20-45)55-41)15-13-27-9-5-10-28-21-52-22-42(36(27)28,14-6-16-44)23-56-57-24-53-43/h2-4,7-8,17-19,27-28,33,36,38-39,41,44-45,47-49H,5-6,9-16,20-24H2,1H3,(H,50,51)/t27-,28-,33-,36+,38-,39-,41+,42-,43+/m1/s1. The number of aryl methyl sites for hydroxylation is 2. The number of carboxylic acid groups (broad SMARTS) is 1. The lowest BCUT2D eigenvalue weighted by Crippen LogP contribution is -2.69. The van der Waals surface area contributed by atoms with Crippen LogP contribution in [0.2, 0.25) is 0 Å². The number of hydrogen-bond donors (Lipinski definition) is 6. The van der Waals surface area contributed by atoms with Gasteiger partial charge in [-0.2, -0.15) is 0 Å².